The van der Waals surface area contributed by atoms with E-state index in [1.807, 2.05) is 49.3 Å². The second-order valence-electron chi connectivity index (χ2n) is 10.2. The highest BCUT2D eigenvalue weighted by Crippen LogP contribution is 2.37. The number of nitrogens with zero attached hydrogens (tertiary/aromatic N) is 3. The molecule has 5 rings (SSSR count). The molecule has 1 aliphatic heterocycles. The van der Waals surface area contributed by atoms with Gasteiger partial charge in [-0.15, -0.1) is 0 Å². The zero-order valence-electron chi connectivity index (χ0n) is 24.9. The fourth-order valence-electron chi connectivity index (χ4n) is 4.89. The maximum atomic E-state index is 14.0. The number of halogens is 2. The first-order chi connectivity index (χ1) is 21.1. The third-order valence-corrected chi connectivity index (χ3v) is 8.70. The Labute approximate surface area is 269 Å². The molecular formula is C33H31Cl2N3O5S. The highest BCUT2D eigenvalue weighted by atomic mass is 35.5. The number of esters is 1. The standard InChI is InChI=1S/C33H31Cl2N3O5S/c1-6-42-32(40)29-19(2)36-33-38(31(39)28(44-33)15-20-7-12-24(13-8-20)37(3)4)30(29)21-10-14-26(27(16-21)41-5)43-18-22-9-11-23(34)17-25(22)35/h7-17,30H,6,18H2,1-5H3/b28-15-/t30-/m0/s1. The molecule has 11 heteroatoms. The molecule has 2 heterocycles. The van der Waals surface area contributed by atoms with Crippen LogP contribution in [0.2, 0.25) is 10.0 Å². The third kappa shape index (κ3) is 6.40. The minimum Gasteiger partial charge on any atom is -0.493 e. The number of fused-ring (bicyclic) bond motifs is 1. The average molecular weight is 653 g/mol. The van der Waals surface area contributed by atoms with Crippen LogP contribution >= 0.6 is 34.5 Å². The van der Waals surface area contributed by atoms with Crippen LogP contribution in [-0.2, 0) is 16.1 Å². The lowest BCUT2D eigenvalue weighted by Gasteiger charge is -2.25. The number of allylic oxidation sites excluding steroid dienone is 1. The fraction of sp³-hybridized carbons (Fsp3) is 0.242. The summed E-state index contributed by atoms with van der Waals surface area (Å²) in [6, 6.07) is 17.6. The maximum Gasteiger partial charge on any atom is 0.338 e. The number of hydrogen-bond acceptors (Lipinski definition) is 8. The quantitative estimate of drug-likeness (QED) is 0.214. The van der Waals surface area contributed by atoms with E-state index in [2.05, 4.69) is 4.99 Å². The van der Waals surface area contributed by atoms with Crippen LogP contribution < -0.4 is 29.3 Å². The molecule has 0 amide bonds. The smallest absolute Gasteiger partial charge is 0.338 e. The molecule has 0 aliphatic carbocycles. The van der Waals surface area contributed by atoms with E-state index >= 15 is 0 Å². The number of hydrogen-bond donors (Lipinski definition) is 0. The molecule has 0 spiro atoms. The predicted molar refractivity (Wildman–Crippen MR) is 175 cm³/mol. The highest BCUT2D eigenvalue weighted by Gasteiger charge is 2.34. The largest absolute Gasteiger partial charge is 0.493 e. The number of carbonyl (C=O) groups excluding carboxylic acids is 1. The maximum absolute atomic E-state index is 14.0. The Hall–Kier alpha value is -4.05. The van der Waals surface area contributed by atoms with Crippen molar-refractivity contribution >= 4 is 52.3 Å². The summed E-state index contributed by atoms with van der Waals surface area (Å²) in [6.45, 7) is 3.85. The van der Waals surface area contributed by atoms with Crippen LogP contribution in [0.1, 0.15) is 36.6 Å². The highest BCUT2D eigenvalue weighted by molar-refractivity contribution is 7.07. The van der Waals surface area contributed by atoms with E-state index in [4.69, 9.17) is 37.4 Å². The summed E-state index contributed by atoms with van der Waals surface area (Å²) >= 11 is 13.6. The molecule has 4 aromatic rings. The molecule has 1 aliphatic rings. The lowest BCUT2D eigenvalue weighted by atomic mass is 9.95. The number of anilines is 1. The Morgan fingerprint density at radius 2 is 1.82 bits per heavy atom. The van der Waals surface area contributed by atoms with Gasteiger partial charge in [0.2, 0.25) is 0 Å². The van der Waals surface area contributed by atoms with Gasteiger partial charge < -0.3 is 19.1 Å². The molecule has 1 aromatic heterocycles. The van der Waals surface area contributed by atoms with Gasteiger partial charge in [0.25, 0.3) is 5.56 Å². The molecule has 0 saturated heterocycles. The topological polar surface area (TPSA) is 82.4 Å². The normalized spacial score (nSPS) is 14.6. The van der Waals surface area contributed by atoms with Crippen LogP contribution in [0.25, 0.3) is 6.08 Å². The SMILES string of the molecule is CCOC(=O)C1=C(C)N=c2s/c(=C\c3ccc(N(C)C)cc3)c(=O)n2[C@H]1c1ccc(OCc2ccc(Cl)cc2Cl)c(OC)c1. The van der Waals surface area contributed by atoms with E-state index in [0.717, 1.165) is 16.8 Å². The van der Waals surface area contributed by atoms with Crippen molar-refractivity contribution in [3.05, 3.63) is 118 Å². The molecule has 0 bridgehead atoms. The molecule has 0 saturated carbocycles. The molecule has 3 aromatic carbocycles. The monoisotopic (exact) mass is 651 g/mol. The summed E-state index contributed by atoms with van der Waals surface area (Å²) in [5.41, 5.74) is 3.83. The zero-order chi connectivity index (χ0) is 31.5. The van der Waals surface area contributed by atoms with E-state index in [0.29, 0.717) is 42.1 Å². The summed E-state index contributed by atoms with van der Waals surface area (Å²) in [5.74, 6) is 0.353. The molecule has 0 fully saturated rings. The van der Waals surface area contributed by atoms with Crippen molar-refractivity contribution in [2.75, 3.05) is 32.7 Å². The zero-order valence-corrected chi connectivity index (χ0v) is 27.2. The van der Waals surface area contributed by atoms with Gasteiger partial charge in [-0.2, -0.15) is 0 Å². The van der Waals surface area contributed by atoms with E-state index < -0.39 is 12.0 Å². The van der Waals surface area contributed by atoms with Crippen LogP contribution in [0.3, 0.4) is 0 Å². The van der Waals surface area contributed by atoms with Gasteiger partial charge in [0.15, 0.2) is 16.3 Å². The van der Waals surface area contributed by atoms with Crippen LogP contribution in [0.15, 0.2) is 81.7 Å². The third-order valence-electron chi connectivity index (χ3n) is 7.13. The van der Waals surface area contributed by atoms with Crippen molar-refractivity contribution in [1.82, 2.24) is 4.57 Å². The number of benzene rings is 3. The second-order valence-corrected chi connectivity index (χ2v) is 12.1. The molecule has 0 N–H and O–H groups in total. The van der Waals surface area contributed by atoms with Crippen LogP contribution in [0.4, 0.5) is 5.69 Å². The first-order valence-electron chi connectivity index (χ1n) is 13.8. The van der Waals surface area contributed by atoms with Crippen LogP contribution in [-0.4, -0.2) is 38.3 Å². The minimum absolute atomic E-state index is 0.180. The Morgan fingerprint density at radius 3 is 2.48 bits per heavy atom. The van der Waals surface area contributed by atoms with Crippen LogP contribution in [0, 0.1) is 0 Å². The molecule has 44 heavy (non-hydrogen) atoms. The number of aromatic nitrogens is 1. The predicted octanol–water partition coefficient (Wildman–Crippen LogP) is 5.76. The molecule has 1 atom stereocenters. The minimum atomic E-state index is -0.794. The van der Waals surface area contributed by atoms with Gasteiger partial charge >= 0.3 is 5.97 Å². The summed E-state index contributed by atoms with van der Waals surface area (Å²) in [6.07, 6.45) is 1.84. The number of methoxy groups -OCH3 is 1. The van der Waals surface area contributed by atoms with Gasteiger partial charge in [-0.3, -0.25) is 9.36 Å². The van der Waals surface area contributed by atoms with Crippen molar-refractivity contribution < 1.29 is 19.0 Å². The Morgan fingerprint density at radius 1 is 1.07 bits per heavy atom. The molecular weight excluding hydrogens is 621 g/mol. The van der Waals surface area contributed by atoms with Crippen molar-refractivity contribution in [3.8, 4) is 11.5 Å². The van der Waals surface area contributed by atoms with E-state index in [1.54, 1.807) is 54.8 Å². The Kier molecular flexibility index (Phi) is 9.48. The Balaban J connectivity index is 1.58. The molecule has 228 valence electrons. The number of ether oxygens (including phenoxy) is 3. The van der Waals surface area contributed by atoms with E-state index in [9.17, 15) is 9.59 Å². The van der Waals surface area contributed by atoms with Crippen molar-refractivity contribution in [2.24, 2.45) is 4.99 Å². The first-order valence-corrected chi connectivity index (χ1v) is 15.4. The lowest BCUT2D eigenvalue weighted by Crippen LogP contribution is -2.40. The average Bonchev–Trinajstić information content (AvgIpc) is 3.30. The van der Waals surface area contributed by atoms with Gasteiger partial charge in [0.1, 0.15) is 6.61 Å². The van der Waals surface area contributed by atoms with E-state index in [-0.39, 0.29) is 24.3 Å². The second kappa shape index (κ2) is 13.3. The van der Waals surface area contributed by atoms with Gasteiger partial charge in [-0.1, -0.05) is 58.8 Å². The van der Waals surface area contributed by atoms with Crippen molar-refractivity contribution in [3.63, 3.8) is 0 Å². The first kappa shape index (κ1) is 31.4. The number of carbonyl (C=O) groups is 1. The van der Waals surface area contributed by atoms with E-state index in [1.165, 1.54) is 18.4 Å². The van der Waals surface area contributed by atoms with Gasteiger partial charge in [-0.05, 0) is 67.4 Å². The van der Waals surface area contributed by atoms with Gasteiger partial charge in [0, 0.05) is 35.4 Å². The summed E-state index contributed by atoms with van der Waals surface area (Å²) < 4.78 is 19.2. The lowest BCUT2D eigenvalue weighted by molar-refractivity contribution is -0.139. The van der Waals surface area contributed by atoms with Crippen LogP contribution in [0.5, 0.6) is 11.5 Å². The van der Waals surface area contributed by atoms with Gasteiger partial charge in [-0.25, -0.2) is 9.79 Å². The molecule has 0 radical (unpaired) electrons. The van der Waals surface area contributed by atoms with Crippen molar-refractivity contribution in [2.45, 2.75) is 26.5 Å². The number of rotatable bonds is 9. The number of thiazole rings is 1. The summed E-state index contributed by atoms with van der Waals surface area (Å²) in [7, 11) is 5.47. The van der Waals surface area contributed by atoms with Crippen molar-refractivity contribution in [1.29, 1.82) is 0 Å². The summed E-state index contributed by atoms with van der Waals surface area (Å²) in [5, 5.41) is 1.02. The molecule has 8 nitrogen and oxygen atoms in total. The molecule has 0 unspecified atom stereocenters. The Bertz CT molecular complexity index is 1930. The fourth-order valence-corrected chi connectivity index (χ4v) is 6.40. The van der Waals surface area contributed by atoms with Gasteiger partial charge in [0.05, 0.1) is 35.6 Å². The summed E-state index contributed by atoms with van der Waals surface area (Å²) in [4.78, 5) is 34.4.